The van der Waals surface area contributed by atoms with Crippen molar-refractivity contribution in [2.45, 2.75) is 32.2 Å². The highest BCUT2D eigenvalue weighted by molar-refractivity contribution is 5.85. The number of likely N-dealkylation sites (N-methyl/N-ethyl adjacent to an activating group) is 1. The molecule has 144 valence electrons. The van der Waals surface area contributed by atoms with Gasteiger partial charge in [0.25, 0.3) is 0 Å². The fourth-order valence-electron chi connectivity index (χ4n) is 4.42. The van der Waals surface area contributed by atoms with Gasteiger partial charge < -0.3 is 19.3 Å². The van der Waals surface area contributed by atoms with E-state index in [1.54, 1.807) is 0 Å². The van der Waals surface area contributed by atoms with E-state index < -0.39 is 0 Å². The Hall–Kier alpha value is -1.46. The van der Waals surface area contributed by atoms with E-state index >= 15 is 0 Å². The summed E-state index contributed by atoms with van der Waals surface area (Å²) in [5, 5.41) is 0. The van der Waals surface area contributed by atoms with Gasteiger partial charge in [-0.05, 0) is 56.5 Å². The molecule has 1 aliphatic heterocycles. The summed E-state index contributed by atoms with van der Waals surface area (Å²) in [5.74, 6) is 3.52. The monoisotopic (exact) mass is 380 g/mol. The van der Waals surface area contributed by atoms with E-state index in [-0.39, 0.29) is 25.1 Å². The van der Waals surface area contributed by atoms with E-state index in [4.69, 9.17) is 9.47 Å². The van der Waals surface area contributed by atoms with Crippen LogP contribution < -0.4 is 9.47 Å². The fourth-order valence-corrected chi connectivity index (χ4v) is 4.42. The van der Waals surface area contributed by atoms with Crippen LogP contribution in [0.1, 0.15) is 31.2 Å². The SMILES string of the molecule is CN(C)CCN(Cc1ccc2c(c1)OCO2)C(=O)C1C2CCCCC21.Cl. The van der Waals surface area contributed by atoms with E-state index in [0.29, 0.717) is 24.3 Å². The fraction of sp³-hybridized carbons (Fsp3) is 0.650. The van der Waals surface area contributed by atoms with Crippen molar-refractivity contribution >= 4 is 18.3 Å². The zero-order chi connectivity index (χ0) is 17.4. The number of benzene rings is 1. The maximum Gasteiger partial charge on any atom is 0.231 e. The number of amides is 1. The highest BCUT2D eigenvalue weighted by Gasteiger charge is 2.55. The lowest BCUT2D eigenvalue weighted by atomic mass is 10.0. The van der Waals surface area contributed by atoms with Crippen LogP contribution in [0.2, 0.25) is 0 Å². The standard InChI is InChI=1S/C20H28N2O3.ClH/c1-21(2)9-10-22(20(23)19-15-5-3-4-6-16(15)19)12-14-7-8-17-18(11-14)25-13-24-17;/h7-8,11,15-16,19H,3-6,9-10,12-13H2,1-2H3;1H. The minimum Gasteiger partial charge on any atom is -0.454 e. The number of carbonyl (C=O) groups is 1. The van der Waals surface area contributed by atoms with Crippen molar-refractivity contribution in [2.75, 3.05) is 34.0 Å². The minimum absolute atomic E-state index is 0. The molecule has 4 rings (SSSR count). The second-order valence-corrected chi connectivity index (χ2v) is 7.89. The highest BCUT2D eigenvalue weighted by Crippen LogP contribution is 2.56. The molecule has 0 saturated heterocycles. The molecule has 1 aromatic rings. The van der Waals surface area contributed by atoms with Crippen molar-refractivity contribution in [3.63, 3.8) is 0 Å². The van der Waals surface area contributed by atoms with Gasteiger partial charge in [0, 0.05) is 25.6 Å². The summed E-state index contributed by atoms with van der Waals surface area (Å²) in [6.07, 6.45) is 5.08. The van der Waals surface area contributed by atoms with Gasteiger partial charge in [-0.3, -0.25) is 4.79 Å². The molecule has 2 saturated carbocycles. The van der Waals surface area contributed by atoms with Crippen LogP contribution in [-0.2, 0) is 11.3 Å². The van der Waals surface area contributed by atoms with Crippen molar-refractivity contribution in [1.82, 2.24) is 9.80 Å². The molecule has 0 N–H and O–H groups in total. The molecule has 26 heavy (non-hydrogen) atoms. The number of carbonyl (C=O) groups excluding carboxylic acids is 1. The van der Waals surface area contributed by atoms with Gasteiger partial charge in [0.15, 0.2) is 11.5 Å². The summed E-state index contributed by atoms with van der Waals surface area (Å²) < 4.78 is 10.9. The van der Waals surface area contributed by atoms with E-state index in [2.05, 4.69) is 23.9 Å². The van der Waals surface area contributed by atoms with Crippen LogP contribution in [0.3, 0.4) is 0 Å². The second kappa shape index (κ2) is 8.05. The zero-order valence-corrected chi connectivity index (χ0v) is 16.5. The summed E-state index contributed by atoms with van der Waals surface area (Å²) in [6.45, 7) is 2.60. The third kappa shape index (κ3) is 3.94. The average molecular weight is 381 g/mol. The van der Waals surface area contributed by atoms with Crippen molar-refractivity contribution < 1.29 is 14.3 Å². The molecule has 1 aromatic carbocycles. The van der Waals surface area contributed by atoms with Gasteiger partial charge in [0.2, 0.25) is 12.7 Å². The van der Waals surface area contributed by atoms with E-state index in [0.717, 1.165) is 30.2 Å². The zero-order valence-electron chi connectivity index (χ0n) is 15.6. The molecule has 2 atom stereocenters. The van der Waals surface area contributed by atoms with Gasteiger partial charge in [-0.2, -0.15) is 0 Å². The minimum atomic E-state index is 0. The number of rotatable bonds is 6. The summed E-state index contributed by atoms with van der Waals surface area (Å²) in [4.78, 5) is 17.4. The lowest BCUT2D eigenvalue weighted by Crippen LogP contribution is -2.37. The number of ether oxygens (including phenoxy) is 2. The number of hydrogen-bond donors (Lipinski definition) is 0. The Morgan fingerprint density at radius 2 is 1.77 bits per heavy atom. The molecule has 1 amide bonds. The van der Waals surface area contributed by atoms with Crippen molar-refractivity contribution in [2.24, 2.45) is 17.8 Å². The summed E-state index contributed by atoms with van der Waals surface area (Å²) in [5.41, 5.74) is 1.11. The lowest BCUT2D eigenvalue weighted by Gasteiger charge is -2.25. The van der Waals surface area contributed by atoms with Crippen LogP contribution in [0, 0.1) is 17.8 Å². The largest absolute Gasteiger partial charge is 0.454 e. The maximum atomic E-state index is 13.2. The molecule has 1 heterocycles. The molecule has 6 heteroatoms. The van der Waals surface area contributed by atoms with Gasteiger partial charge >= 0.3 is 0 Å². The molecule has 0 spiro atoms. The van der Waals surface area contributed by atoms with Gasteiger partial charge in [0.05, 0.1) is 0 Å². The van der Waals surface area contributed by atoms with Crippen LogP contribution in [0.4, 0.5) is 0 Å². The van der Waals surface area contributed by atoms with Crippen molar-refractivity contribution in [1.29, 1.82) is 0 Å². The number of nitrogens with zero attached hydrogens (tertiary/aromatic N) is 2. The summed E-state index contributed by atoms with van der Waals surface area (Å²) >= 11 is 0. The predicted molar refractivity (Wildman–Crippen MR) is 103 cm³/mol. The Morgan fingerprint density at radius 1 is 1.08 bits per heavy atom. The van der Waals surface area contributed by atoms with Gasteiger partial charge in [-0.1, -0.05) is 18.9 Å². The maximum absolute atomic E-state index is 13.2. The first-order valence-corrected chi connectivity index (χ1v) is 9.45. The smallest absolute Gasteiger partial charge is 0.231 e. The molecule has 2 fully saturated rings. The quantitative estimate of drug-likeness (QED) is 0.760. The molecule has 2 aliphatic carbocycles. The van der Waals surface area contributed by atoms with Crippen molar-refractivity contribution in [3.05, 3.63) is 23.8 Å². The van der Waals surface area contributed by atoms with Crippen LogP contribution in [0.5, 0.6) is 11.5 Å². The molecule has 0 radical (unpaired) electrons. The lowest BCUT2D eigenvalue weighted by molar-refractivity contribution is -0.134. The Morgan fingerprint density at radius 3 is 2.46 bits per heavy atom. The molecule has 5 nitrogen and oxygen atoms in total. The molecular weight excluding hydrogens is 352 g/mol. The van der Waals surface area contributed by atoms with Crippen LogP contribution >= 0.6 is 12.4 Å². The Labute approximate surface area is 162 Å². The number of halogens is 1. The van der Waals surface area contributed by atoms with Gasteiger partial charge in [-0.25, -0.2) is 0 Å². The average Bonchev–Trinajstić information content (AvgIpc) is 3.15. The third-order valence-electron chi connectivity index (χ3n) is 5.88. The van der Waals surface area contributed by atoms with Crippen LogP contribution in [-0.4, -0.2) is 49.7 Å². The Balaban J connectivity index is 0.00000196. The second-order valence-electron chi connectivity index (χ2n) is 7.89. The molecule has 2 unspecified atom stereocenters. The first kappa shape index (κ1) is 19.3. The topological polar surface area (TPSA) is 42.0 Å². The van der Waals surface area contributed by atoms with E-state index in [1.807, 2.05) is 18.2 Å². The Bertz CT molecular complexity index is 640. The highest BCUT2D eigenvalue weighted by atomic mass is 35.5. The Kier molecular flexibility index (Phi) is 5.98. The molecule has 0 aromatic heterocycles. The number of hydrogen-bond acceptors (Lipinski definition) is 4. The number of fused-ring (bicyclic) bond motifs is 2. The van der Waals surface area contributed by atoms with Gasteiger partial charge in [0.1, 0.15) is 0 Å². The molecular formula is C20H29ClN2O3. The predicted octanol–water partition coefficient (Wildman–Crippen LogP) is 3.16. The van der Waals surface area contributed by atoms with E-state index in [9.17, 15) is 4.79 Å². The molecule has 0 bridgehead atoms. The van der Waals surface area contributed by atoms with Crippen LogP contribution in [0.25, 0.3) is 0 Å². The third-order valence-corrected chi connectivity index (χ3v) is 5.88. The molecule has 3 aliphatic rings. The first-order valence-electron chi connectivity index (χ1n) is 9.45. The first-order chi connectivity index (χ1) is 12.1. The van der Waals surface area contributed by atoms with Crippen molar-refractivity contribution in [3.8, 4) is 11.5 Å². The van der Waals surface area contributed by atoms with E-state index in [1.165, 1.54) is 25.7 Å². The summed E-state index contributed by atoms with van der Waals surface area (Å²) in [6, 6.07) is 6.00. The van der Waals surface area contributed by atoms with Gasteiger partial charge in [-0.15, -0.1) is 12.4 Å². The van der Waals surface area contributed by atoms with Crippen LogP contribution in [0.15, 0.2) is 18.2 Å². The normalized spacial score (nSPS) is 25.4. The summed E-state index contributed by atoms with van der Waals surface area (Å²) in [7, 11) is 4.11.